The summed E-state index contributed by atoms with van der Waals surface area (Å²) in [7, 11) is -1.03. The average molecular weight is 1190 g/mol. The van der Waals surface area contributed by atoms with Crippen LogP contribution in [0.2, 0.25) is 0 Å². The molecule has 0 unspecified atom stereocenters. The third-order valence-corrected chi connectivity index (χ3v) is 19.5. The van der Waals surface area contributed by atoms with Crippen molar-refractivity contribution in [2.45, 2.75) is 68.1 Å². The van der Waals surface area contributed by atoms with Gasteiger partial charge in [-0.2, -0.15) is 0 Å². The van der Waals surface area contributed by atoms with Gasteiger partial charge in [0.15, 0.2) is 41.9 Å². The van der Waals surface area contributed by atoms with Crippen LogP contribution in [0, 0.1) is 0 Å². The Kier molecular flexibility index (Phi) is 14.6. The van der Waals surface area contributed by atoms with E-state index in [4.69, 9.17) is 48.5 Å². The Morgan fingerprint density at radius 2 is 1.43 bits per heavy atom. The number of carbonyl (C=O) groups is 1. The minimum atomic E-state index is -4.56. The van der Waals surface area contributed by atoms with E-state index in [1.54, 1.807) is 48.5 Å². The quantitative estimate of drug-likeness (QED) is 0.0543. The molecule has 3 fully saturated rings. The first-order valence-corrected chi connectivity index (χ1v) is 31.2. The third-order valence-electron chi connectivity index (χ3n) is 14.6. The topological polar surface area (TPSA) is 285 Å². The van der Waals surface area contributed by atoms with Crippen molar-refractivity contribution in [3.05, 3.63) is 145 Å². The molecule has 4 N–H and O–H groups in total. The number of pyridine rings is 1. The second-order valence-corrected chi connectivity index (χ2v) is 26.0. The summed E-state index contributed by atoms with van der Waals surface area (Å²) in [6, 6.07) is 30.9. The van der Waals surface area contributed by atoms with Crippen LogP contribution in [-0.4, -0.2) is 126 Å². The van der Waals surface area contributed by atoms with E-state index in [0.717, 1.165) is 41.3 Å². The molecule has 83 heavy (non-hydrogen) atoms. The Balaban J connectivity index is 0.690. The van der Waals surface area contributed by atoms with Crippen LogP contribution in [0.1, 0.15) is 33.9 Å². The number of nitrogens with zero attached hydrogens (tertiary/aromatic N) is 11. The molecule has 24 nitrogen and oxygen atoms in total. The molecule has 0 saturated carbocycles. The monoisotopic (exact) mass is 1190 g/mol. The average Bonchev–Trinajstić information content (AvgIpc) is 2.84. The zero-order chi connectivity index (χ0) is 57.1. The van der Waals surface area contributed by atoms with Crippen molar-refractivity contribution in [1.82, 2.24) is 49.0 Å². The van der Waals surface area contributed by atoms with Gasteiger partial charge in [-0.05, 0) is 71.0 Å². The molecule has 9 heterocycles. The van der Waals surface area contributed by atoms with Crippen molar-refractivity contribution >= 4 is 78.7 Å². The van der Waals surface area contributed by atoms with Gasteiger partial charge in [-0.25, -0.2) is 47.7 Å². The molecular formula is C53H50BF2N13O11P2S. The van der Waals surface area contributed by atoms with Gasteiger partial charge in [-0.3, -0.25) is 22.7 Å². The zero-order valence-electron chi connectivity index (χ0n) is 44.1. The van der Waals surface area contributed by atoms with Crippen molar-refractivity contribution in [3.8, 4) is 34.0 Å². The molecular weight excluding hydrogens is 1140 g/mol. The van der Waals surface area contributed by atoms with Gasteiger partial charge in [0, 0.05) is 42.4 Å². The number of halogens is 2. The first-order chi connectivity index (χ1) is 40.2. The number of aromatic nitrogens is 10. The highest BCUT2D eigenvalue weighted by atomic mass is 32.7. The number of carbonyl (C=O) groups excluding carboxylic acids is 1. The van der Waals surface area contributed by atoms with Gasteiger partial charge >= 0.3 is 12.8 Å². The van der Waals surface area contributed by atoms with E-state index < -0.39 is 82.7 Å². The van der Waals surface area contributed by atoms with Crippen molar-refractivity contribution in [1.29, 1.82) is 0 Å². The van der Waals surface area contributed by atoms with Crippen LogP contribution in [0.3, 0.4) is 0 Å². The summed E-state index contributed by atoms with van der Waals surface area (Å²) < 4.78 is 116. The fraction of sp³-hybridized carbons (Fsp3) is 0.283. The van der Waals surface area contributed by atoms with E-state index in [-0.39, 0.29) is 57.5 Å². The molecule has 9 aromatic rings. The summed E-state index contributed by atoms with van der Waals surface area (Å²) >= 11 is 0.700. The maximum absolute atomic E-state index is 17.1. The molecule has 0 aliphatic carbocycles. The molecule has 0 radical (unpaired) electrons. The molecule has 4 aromatic carbocycles. The van der Waals surface area contributed by atoms with Crippen LogP contribution >= 0.6 is 25.7 Å². The molecule has 13 rings (SSSR count). The lowest BCUT2D eigenvalue weighted by atomic mass is 9.96. The highest BCUT2D eigenvalue weighted by Crippen LogP contribution is 2.65. The van der Waals surface area contributed by atoms with E-state index in [1.807, 2.05) is 28.9 Å². The van der Waals surface area contributed by atoms with Crippen molar-refractivity contribution in [2.24, 2.45) is 0 Å². The number of hydrogen-bond donors (Lipinski definition) is 2. The number of benzene rings is 4. The van der Waals surface area contributed by atoms with Crippen molar-refractivity contribution in [2.75, 3.05) is 43.2 Å². The fourth-order valence-electron chi connectivity index (χ4n) is 10.5. The molecule has 0 spiro atoms. The van der Waals surface area contributed by atoms with E-state index in [9.17, 15) is 9.36 Å². The number of para-hydroxylation sites is 1. The number of nitrogens with two attached hydrogens (primary N) is 2. The molecule has 30 heteroatoms. The lowest BCUT2D eigenvalue weighted by molar-refractivity contribution is -0.0546. The number of alkyl halides is 2. The van der Waals surface area contributed by atoms with Crippen molar-refractivity contribution < 1.29 is 59.7 Å². The van der Waals surface area contributed by atoms with E-state index in [2.05, 4.69) is 71.4 Å². The normalized spacial score (nSPS) is 26.1. The summed E-state index contributed by atoms with van der Waals surface area (Å²) in [5, 5.41) is 9.19. The maximum Gasteiger partial charge on any atom is 0.389 e. The Morgan fingerprint density at radius 3 is 2.19 bits per heavy atom. The van der Waals surface area contributed by atoms with Crippen LogP contribution in [0.15, 0.2) is 128 Å². The van der Waals surface area contributed by atoms with Crippen molar-refractivity contribution in [3.63, 3.8) is 0 Å². The highest BCUT2D eigenvalue weighted by Gasteiger charge is 2.55. The third kappa shape index (κ3) is 10.6. The van der Waals surface area contributed by atoms with E-state index in [1.165, 1.54) is 40.4 Å². The van der Waals surface area contributed by atoms with Gasteiger partial charge in [-0.15, -0.1) is 5.10 Å². The van der Waals surface area contributed by atoms with E-state index >= 15 is 13.3 Å². The lowest BCUT2D eigenvalue weighted by Gasteiger charge is -2.30. The molecule has 10 atom stereocenters. The van der Waals surface area contributed by atoms with E-state index in [0.29, 0.717) is 35.8 Å². The number of ether oxygens (including phenoxy) is 4. The predicted octanol–water partition coefficient (Wildman–Crippen LogP) is 7.68. The number of anilines is 3. The Hall–Kier alpha value is -7.65. The number of rotatable bonds is 11. The van der Waals surface area contributed by atoms with Gasteiger partial charge in [0.1, 0.15) is 65.6 Å². The van der Waals surface area contributed by atoms with Crippen LogP contribution in [-0.2, 0) is 55.5 Å². The lowest BCUT2D eigenvalue weighted by Crippen LogP contribution is -2.37. The Morgan fingerprint density at radius 1 is 0.771 bits per heavy atom. The molecule has 5 aromatic heterocycles. The summed E-state index contributed by atoms with van der Waals surface area (Å²) in [6.07, 6.45) is -8.05. The zero-order valence-corrected chi connectivity index (χ0v) is 46.7. The summed E-state index contributed by atoms with van der Waals surface area (Å²) in [5.74, 6) is 0.0953. The Bertz CT molecular complexity index is 4020. The molecule has 0 amide bonds. The van der Waals surface area contributed by atoms with Crippen LogP contribution < -0.4 is 25.8 Å². The second-order valence-electron chi connectivity index (χ2n) is 20.0. The number of fused-ring (bicyclic) bond motifs is 9. The number of hydrogen-bond acceptors (Lipinski definition) is 22. The number of imidazole rings is 2. The molecule has 426 valence electrons. The van der Waals surface area contributed by atoms with Gasteiger partial charge in [-0.1, -0.05) is 59.8 Å². The minimum absolute atomic E-state index is 0.0371. The summed E-state index contributed by atoms with van der Waals surface area (Å²) in [4.78, 5) is 36.6. The first kappa shape index (κ1) is 54.6. The van der Waals surface area contributed by atoms with Gasteiger partial charge in [0.25, 0.3) is 15.0 Å². The molecule has 0 bridgehead atoms. The molecule has 4 aliphatic heterocycles. The van der Waals surface area contributed by atoms with Gasteiger partial charge in [0.05, 0.1) is 49.4 Å². The number of esters is 1. The summed E-state index contributed by atoms with van der Waals surface area (Å²) in [6.45, 7) is -4.47. The van der Waals surface area contributed by atoms with Crippen LogP contribution in [0.5, 0.6) is 11.5 Å². The highest BCUT2D eigenvalue weighted by molar-refractivity contribution is 8.54. The SMILES string of the molecule is B[P@@]1(=O)OC[C@H]2O[C@@H](n3cnc4c(N)ccnc43)[C@H](F)[C@@H]2O[P@](=O)(SCc2ccc(OC(=O)c3ccc(OCCn4nnc5c4-c4ccccc4CN(C)c4ccccc4-5)cc3)cc2)OC[C@H]2O[C@@H](n3cnc4c(N)ncnc43)[C@H](F)[C@@H]2O1. The Labute approximate surface area is 475 Å². The predicted molar refractivity (Wildman–Crippen MR) is 302 cm³/mol. The minimum Gasteiger partial charge on any atom is -0.492 e. The second kappa shape index (κ2) is 22.2. The van der Waals surface area contributed by atoms with Gasteiger partial charge in [0.2, 0.25) is 0 Å². The molecule has 4 aliphatic rings. The molecule has 3 saturated heterocycles. The van der Waals surface area contributed by atoms with Crippen LogP contribution in [0.4, 0.5) is 26.0 Å². The summed E-state index contributed by atoms with van der Waals surface area (Å²) in [5.41, 5.74) is 20.0. The largest absolute Gasteiger partial charge is 0.492 e. The maximum atomic E-state index is 17.1. The van der Waals surface area contributed by atoms with Crippen LogP contribution in [0.25, 0.3) is 44.8 Å². The fourth-order valence-corrected chi connectivity index (χ4v) is 15.0. The standard InChI is InChI=1S/C53H50BF2N13O11P2S/c1-66-22-31-6-2-3-7-34(31)45-42(35-8-4-5-9-37(35)66)64-65-69(45)20-21-73-32-16-12-30(13-17-32)53(70)76-33-14-10-29(11-15-33)25-83-82(72)75-24-39-46(40(55)51(78-39)68-28-63-44-48(58)60-26-61-50(44)68)79-81(54,71)74-23-38-47(80-82)41(56)52(77-38)67-27-62-43-36(57)18-19-59-49(43)67/h2-19,26-28,38-41,46-47,51-52H,20-25,54H2,1H3,(H2,57,59)(H2,58,60,61)/t38-,39-,40-,41-,46-,47-,51-,52-,81-,82-/m1/s1. The first-order valence-electron chi connectivity index (χ1n) is 26.1. The smallest absolute Gasteiger partial charge is 0.389 e. The van der Waals surface area contributed by atoms with Gasteiger partial charge < -0.3 is 44.4 Å². The number of nitrogen functional groups attached to an aromatic ring is 2.